The number of Topliss-reactive ketones (excluding diaryl/α,β-unsaturated/α-hetero) is 1. The number of ketones is 1. The van der Waals surface area contributed by atoms with Crippen molar-refractivity contribution in [2.24, 2.45) is 10.9 Å². The number of aromatic nitrogens is 2. The number of alkyl halides is 1. The average Bonchev–Trinajstić information content (AvgIpc) is 3.16. The van der Waals surface area contributed by atoms with Gasteiger partial charge in [-0.25, -0.2) is 13.6 Å². The lowest BCUT2D eigenvalue weighted by molar-refractivity contribution is -0.121. The molecule has 0 spiro atoms. The van der Waals surface area contributed by atoms with E-state index in [4.69, 9.17) is 9.73 Å². The zero-order valence-corrected chi connectivity index (χ0v) is 30.6. The van der Waals surface area contributed by atoms with Crippen molar-refractivity contribution in [1.82, 2.24) is 29.6 Å². The Kier molecular flexibility index (Phi) is 11.6. The first kappa shape index (κ1) is 37.5. The molecule has 54 heavy (non-hydrogen) atoms. The summed E-state index contributed by atoms with van der Waals surface area (Å²) in [6.45, 7) is 7.15. The molecule has 0 radical (unpaired) electrons. The summed E-state index contributed by atoms with van der Waals surface area (Å²) in [5.41, 5.74) is 2.56. The van der Waals surface area contributed by atoms with Gasteiger partial charge in [-0.15, -0.1) is 0 Å². The Morgan fingerprint density at radius 2 is 1.78 bits per heavy atom. The number of pyridine rings is 2. The molecule has 286 valence electrons. The standard InChI is InChI=1S/C40H47F2N7O5/c1-2-4-33-38(51)30-22-43-13-8-29(30)37(44-33)27-6-7-34(31(41)21-27)54-35-11-17-47(25-32(35)42)23-26-9-15-46(16-10-26)19-20-48-14-3-5-28(39(48)52)24-49-18-12-36(50)45-40(49)53/h3,5-8,13-14,21-22,26,32-33,35H,2,4,9-12,15-20,23-25H2,1H3,(H,45,50,53)/t32-,33?,35-/m1/s1. The van der Waals surface area contributed by atoms with Crippen LogP contribution in [0.1, 0.15) is 72.5 Å². The molecule has 1 N–H and O–H groups in total. The van der Waals surface area contributed by atoms with Gasteiger partial charge in [0.25, 0.3) is 5.56 Å². The number of hydrogen-bond donors (Lipinski definition) is 1. The number of carbonyl (C=O) groups is 3. The molecule has 14 heteroatoms. The van der Waals surface area contributed by atoms with Crippen molar-refractivity contribution < 1.29 is 27.9 Å². The zero-order valence-electron chi connectivity index (χ0n) is 30.6. The van der Waals surface area contributed by atoms with Crippen LogP contribution in [0, 0.1) is 11.7 Å². The van der Waals surface area contributed by atoms with Crippen LogP contribution in [0.25, 0.3) is 0 Å². The van der Waals surface area contributed by atoms with E-state index in [0.29, 0.717) is 59.8 Å². The zero-order chi connectivity index (χ0) is 37.8. The van der Waals surface area contributed by atoms with Crippen molar-refractivity contribution in [1.29, 1.82) is 0 Å². The number of amides is 3. The lowest BCUT2D eigenvalue weighted by atomic mass is 9.89. The molecule has 12 nitrogen and oxygen atoms in total. The number of urea groups is 1. The van der Waals surface area contributed by atoms with Gasteiger partial charge in [-0.3, -0.25) is 34.6 Å². The van der Waals surface area contributed by atoms with Gasteiger partial charge in [-0.05, 0) is 75.0 Å². The highest BCUT2D eigenvalue weighted by atomic mass is 19.1. The number of imide groups is 1. The van der Waals surface area contributed by atoms with E-state index in [0.717, 1.165) is 45.4 Å². The first-order chi connectivity index (χ1) is 26.2. The van der Waals surface area contributed by atoms with E-state index in [1.54, 1.807) is 41.4 Å². The number of ether oxygens (including phenoxy) is 1. The number of carbonyl (C=O) groups excluding carboxylic acids is 3. The van der Waals surface area contributed by atoms with Gasteiger partial charge in [0.2, 0.25) is 5.91 Å². The molecule has 6 heterocycles. The second-order valence-electron chi connectivity index (χ2n) is 14.8. The van der Waals surface area contributed by atoms with Gasteiger partial charge >= 0.3 is 6.03 Å². The Morgan fingerprint density at radius 1 is 0.963 bits per heavy atom. The van der Waals surface area contributed by atoms with Crippen molar-refractivity contribution in [3.05, 3.63) is 93.4 Å². The maximum Gasteiger partial charge on any atom is 0.324 e. The summed E-state index contributed by atoms with van der Waals surface area (Å²) >= 11 is 0. The maximum atomic E-state index is 15.5. The minimum absolute atomic E-state index is 0.000787. The fraction of sp³-hybridized carbons (Fsp3) is 0.500. The molecule has 3 atom stereocenters. The SMILES string of the molecule is CCCC1N=C(c2ccc(O[C@@H]3CCN(CC4CCN(CCn5cccc(CN6CCC(=O)NC6=O)c5=O)CC4)C[C@H]3F)c(F)c2)c2ccncc2C1=O. The highest BCUT2D eigenvalue weighted by molar-refractivity contribution is 6.22. The average molecular weight is 744 g/mol. The molecule has 1 unspecified atom stereocenters. The second kappa shape index (κ2) is 16.7. The van der Waals surface area contributed by atoms with Crippen LogP contribution in [0.3, 0.4) is 0 Å². The first-order valence-electron chi connectivity index (χ1n) is 19.1. The normalized spacial score (nSPS) is 22.9. The lowest BCUT2D eigenvalue weighted by Crippen LogP contribution is -2.49. The largest absolute Gasteiger partial charge is 0.484 e. The number of rotatable bonds is 12. The van der Waals surface area contributed by atoms with Crippen LogP contribution >= 0.6 is 0 Å². The Morgan fingerprint density at radius 3 is 2.54 bits per heavy atom. The van der Waals surface area contributed by atoms with Crippen LogP contribution in [0.2, 0.25) is 0 Å². The number of likely N-dealkylation sites (tertiary alicyclic amines) is 2. The van der Waals surface area contributed by atoms with Crippen molar-refractivity contribution >= 4 is 23.4 Å². The van der Waals surface area contributed by atoms with E-state index in [1.165, 1.54) is 17.0 Å². The molecule has 3 saturated heterocycles. The number of halogens is 2. The topological polar surface area (TPSA) is 129 Å². The number of fused-ring (bicyclic) bond motifs is 1. The van der Waals surface area contributed by atoms with E-state index in [1.807, 2.05) is 13.0 Å². The number of hydrogen-bond acceptors (Lipinski definition) is 9. The molecule has 4 aliphatic heterocycles. The summed E-state index contributed by atoms with van der Waals surface area (Å²) in [4.78, 5) is 64.4. The summed E-state index contributed by atoms with van der Waals surface area (Å²) < 4.78 is 38.6. The summed E-state index contributed by atoms with van der Waals surface area (Å²) in [5.74, 6) is -0.546. The fourth-order valence-corrected chi connectivity index (χ4v) is 7.96. The third-order valence-electron chi connectivity index (χ3n) is 11.0. The maximum absolute atomic E-state index is 15.5. The molecule has 0 bridgehead atoms. The Hall–Kier alpha value is -4.82. The summed E-state index contributed by atoms with van der Waals surface area (Å²) in [6, 6.07) is 8.84. The third-order valence-corrected chi connectivity index (χ3v) is 11.0. The molecule has 0 saturated carbocycles. The van der Waals surface area contributed by atoms with Gasteiger partial charge < -0.3 is 19.1 Å². The first-order valence-corrected chi connectivity index (χ1v) is 19.1. The molecule has 1 aromatic carbocycles. The number of nitrogens with zero attached hydrogens (tertiary/aromatic N) is 6. The summed E-state index contributed by atoms with van der Waals surface area (Å²) in [7, 11) is 0. The second-order valence-corrected chi connectivity index (χ2v) is 14.8. The van der Waals surface area contributed by atoms with Crippen molar-refractivity contribution in [3.8, 4) is 5.75 Å². The molecule has 4 aliphatic rings. The smallest absolute Gasteiger partial charge is 0.324 e. The van der Waals surface area contributed by atoms with E-state index in [2.05, 4.69) is 20.1 Å². The predicted molar refractivity (Wildman–Crippen MR) is 198 cm³/mol. The van der Waals surface area contributed by atoms with Gasteiger partial charge in [0, 0.05) is 86.5 Å². The molecular weight excluding hydrogens is 696 g/mol. The van der Waals surface area contributed by atoms with E-state index < -0.39 is 30.2 Å². The quantitative estimate of drug-likeness (QED) is 0.292. The van der Waals surface area contributed by atoms with Gasteiger partial charge in [0.15, 0.2) is 17.3 Å². The number of aliphatic imine (C=N–C) groups is 1. The Bertz CT molecular complexity index is 1960. The lowest BCUT2D eigenvalue weighted by Gasteiger charge is -2.39. The van der Waals surface area contributed by atoms with Crippen LogP contribution < -0.4 is 15.6 Å². The fourth-order valence-electron chi connectivity index (χ4n) is 7.96. The van der Waals surface area contributed by atoms with Crippen LogP contribution in [0.15, 0.2) is 64.8 Å². The number of nitrogens with one attached hydrogen (secondary N) is 1. The predicted octanol–water partition coefficient (Wildman–Crippen LogP) is 4.23. The van der Waals surface area contributed by atoms with E-state index in [-0.39, 0.29) is 49.1 Å². The van der Waals surface area contributed by atoms with E-state index >= 15 is 8.78 Å². The molecule has 3 aromatic rings. The van der Waals surface area contributed by atoms with Crippen LogP contribution in [0.4, 0.5) is 13.6 Å². The van der Waals surface area contributed by atoms with Gasteiger partial charge in [0.05, 0.1) is 12.3 Å². The minimum Gasteiger partial charge on any atom is -0.484 e. The number of piperidine rings is 2. The Labute approximate surface area is 313 Å². The molecular formula is C40H47F2N7O5. The Balaban J connectivity index is 0.868. The molecule has 3 fully saturated rings. The molecule has 0 aliphatic carbocycles. The molecule has 3 amide bonds. The monoisotopic (exact) mass is 743 g/mol. The molecule has 2 aromatic heterocycles. The highest BCUT2D eigenvalue weighted by Gasteiger charge is 2.34. The summed E-state index contributed by atoms with van der Waals surface area (Å²) in [5, 5.41) is 2.29. The summed E-state index contributed by atoms with van der Waals surface area (Å²) in [6.07, 6.45) is 6.87. The third kappa shape index (κ3) is 8.44. The van der Waals surface area contributed by atoms with Crippen molar-refractivity contribution in [2.45, 2.75) is 76.9 Å². The van der Waals surface area contributed by atoms with Gasteiger partial charge in [-0.1, -0.05) is 19.4 Å². The highest BCUT2D eigenvalue weighted by Crippen LogP contribution is 2.30. The molecule has 7 rings (SSSR count). The van der Waals surface area contributed by atoms with E-state index in [9.17, 15) is 19.2 Å². The van der Waals surface area contributed by atoms with Crippen LogP contribution in [-0.2, 0) is 17.9 Å². The van der Waals surface area contributed by atoms with Gasteiger partial charge in [0.1, 0.15) is 18.3 Å². The minimum atomic E-state index is -1.26. The van der Waals surface area contributed by atoms with Crippen LogP contribution in [-0.4, -0.2) is 112 Å². The van der Waals surface area contributed by atoms with Crippen molar-refractivity contribution in [2.75, 3.05) is 45.8 Å². The van der Waals surface area contributed by atoms with Crippen molar-refractivity contribution in [3.63, 3.8) is 0 Å². The van der Waals surface area contributed by atoms with Crippen LogP contribution in [0.5, 0.6) is 5.75 Å². The number of benzene rings is 1. The van der Waals surface area contributed by atoms with Gasteiger partial charge in [-0.2, -0.15) is 0 Å².